The first kappa shape index (κ1) is 21.8. The molecule has 0 amide bonds. The summed E-state index contributed by atoms with van der Waals surface area (Å²) in [4.78, 5) is 8.87. The largest absolute Gasteiger partial charge is 0.497 e. The lowest BCUT2D eigenvalue weighted by molar-refractivity contribution is 0.413. The smallest absolute Gasteiger partial charge is 0.169 e. The Bertz CT molecular complexity index is 1390. The molecule has 0 aliphatic carbocycles. The second kappa shape index (κ2) is 9.10. The molecular formula is C22H21N11O2. The van der Waals surface area contributed by atoms with Crippen molar-refractivity contribution < 1.29 is 9.47 Å². The lowest BCUT2D eigenvalue weighted by Gasteiger charge is -2.25. The molecule has 1 aromatic carbocycles. The van der Waals surface area contributed by atoms with Crippen LogP contribution in [0.25, 0.3) is 5.69 Å². The van der Waals surface area contributed by atoms with Crippen molar-refractivity contribution in [2.24, 2.45) is 10.1 Å². The number of aryl methyl sites for hydroxylation is 1. The van der Waals surface area contributed by atoms with Crippen LogP contribution < -0.4 is 20.1 Å². The van der Waals surface area contributed by atoms with E-state index in [2.05, 4.69) is 47.3 Å². The molecule has 2 aromatic heterocycles. The van der Waals surface area contributed by atoms with Crippen LogP contribution in [0.15, 0.2) is 58.4 Å². The van der Waals surface area contributed by atoms with Gasteiger partial charge in [0.15, 0.2) is 23.5 Å². The van der Waals surface area contributed by atoms with Gasteiger partial charge in [-0.3, -0.25) is 4.99 Å². The van der Waals surface area contributed by atoms with E-state index in [4.69, 9.17) is 9.47 Å². The highest BCUT2D eigenvalue weighted by atomic mass is 16.5. The standard InChI is InChI=1S/C22H21N11O2/c1-13-28-30-31-32(13)15-6-14(7-18(8-15)35-3)26-21-9-19(22-25-11-16(10-23)33(22)29-21)27-20-5-4-17(34-2)12-24-20/h4-9,12,16H,11H2,1-3H3,(H,24,27)(H,26,29). The Kier molecular flexibility index (Phi) is 5.68. The summed E-state index contributed by atoms with van der Waals surface area (Å²) in [6.45, 7) is 2.13. The summed E-state index contributed by atoms with van der Waals surface area (Å²) < 4.78 is 12.2. The van der Waals surface area contributed by atoms with E-state index in [0.717, 1.165) is 0 Å². The third kappa shape index (κ3) is 4.32. The maximum Gasteiger partial charge on any atom is 0.169 e. The van der Waals surface area contributed by atoms with Crippen molar-refractivity contribution in [2.45, 2.75) is 13.0 Å². The van der Waals surface area contributed by atoms with Gasteiger partial charge in [0.1, 0.15) is 17.3 Å². The molecular weight excluding hydrogens is 450 g/mol. The molecule has 2 N–H and O–H groups in total. The number of anilines is 2. The van der Waals surface area contributed by atoms with E-state index in [-0.39, 0.29) is 0 Å². The number of hydrazone groups is 1. The number of methoxy groups -OCH3 is 2. The van der Waals surface area contributed by atoms with Gasteiger partial charge in [0.2, 0.25) is 0 Å². The zero-order chi connectivity index (χ0) is 24.4. The molecule has 2 aliphatic heterocycles. The quantitative estimate of drug-likeness (QED) is 0.544. The van der Waals surface area contributed by atoms with E-state index in [1.54, 1.807) is 42.2 Å². The van der Waals surface area contributed by atoms with Gasteiger partial charge in [-0.15, -0.1) is 5.10 Å². The molecule has 0 radical (unpaired) electrons. The number of ether oxygens (including phenoxy) is 2. The van der Waals surface area contributed by atoms with E-state index >= 15 is 0 Å². The molecule has 2 aliphatic rings. The minimum Gasteiger partial charge on any atom is -0.497 e. The van der Waals surface area contributed by atoms with E-state index in [1.807, 2.05) is 31.2 Å². The summed E-state index contributed by atoms with van der Waals surface area (Å²) in [5, 5.41) is 34.0. The summed E-state index contributed by atoms with van der Waals surface area (Å²) in [6, 6.07) is 10.9. The number of amidine groups is 2. The van der Waals surface area contributed by atoms with Gasteiger partial charge in [0.25, 0.3) is 0 Å². The van der Waals surface area contributed by atoms with E-state index in [1.165, 1.54) is 0 Å². The number of benzene rings is 1. The highest BCUT2D eigenvalue weighted by Crippen LogP contribution is 2.26. The van der Waals surface area contributed by atoms with Crippen molar-refractivity contribution in [3.05, 3.63) is 54.1 Å². The van der Waals surface area contributed by atoms with Crippen molar-refractivity contribution in [1.29, 1.82) is 5.26 Å². The fourth-order valence-corrected chi connectivity index (χ4v) is 3.62. The number of aromatic nitrogens is 5. The minimum atomic E-state index is -0.513. The molecule has 0 bridgehead atoms. The third-order valence-electron chi connectivity index (χ3n) is 5.32. The van der Waals surface area contributed by atoms with Gasteiger partial charge in [-0.25, -0.2) is 9.99 Å². The molecule has 13 nitrogen and oxygen atoms in total. The molecule has 1 atom stereocenters. The fraction of sp³-hybridized carbons (Fsp3) is 0.227. The van der Waals surface area contributed by atoms with E-state index < -0.39 is 6.04 Å². The summed E-state index contributed by atoms with van der Waals surface area (Å²) in [5.41, 5.74) is 2.06. The maximum atomic E-state index is 9.59. The molecule has 0 spiro atoms. The number of tetrazole rings is 1. The summed E-state index contributed by atoms with van der Waals surface area (Å²) in [6.07, 6.45) is 3.42. The SMILES string of the molecule is COc1ccc(NC2=CC(Nc3cc(OC)cc(-n4nnnc4C)c3)=NN3C2=NCC3C#N)nc1. The fourth-order valence-electron chi connectivity index (χ4n) is 3.62. The number of hydrogen-bond donors (Lipinski definition) is 2. The van der Waals surface area contributed by atoms with Crippen molar-refractivity contribution >= 4 is 23.2 Å². The maximum absolute atomic E-state index is 9.59. The number of nitriles is 1. The Labute approximate surface area is 200 Å². The first-order chi connectivity index (χ1) is 17.1. The van der Waals surface area contributed by atoms with Gasteiger partial charge in [0.05, 0.1) is 44.4 Å². The van der Waals surface area contributed by atoms with Gasteiger partial charge in [0, 0.05) is 23.9 Å². The Balaban J connectivity index is 1.48. The number of nitrogens with zero attached hydrogens (tertiary/aromatic N) is 9. The second-order valence-electron chi connectivity index (χ2n) is 7.59. The van der Waals surface area contributed by atoms with Gasteiger partial charge in [-0.05, 0) is 35.5 Å². The van der Waals surface area contributed by atoms with Crippen LogP contribution in [0.3, 0.4) is 0 Å². The van der Waals surface area contributed by atoms with Crippen LogP contribution in [0.5, 0.6) is 11.5 Å². The molecule has 0 fully saturated rings. The molecule has 1 unspecified atom stereocenters. The third-order valence-corrected chi connectivity index (χ3v) is 5.32. The first-order valence-electron chi connectivity index (χ1n) is 10.6. The topological polar surface area (TPSA) is 151 Å². The molecule has 5 rings (SSSR count). The van der Waals surface area contributed by atoms with Gasteiger partial charge in [-0.1, -0.05) is 0 Å². The van der Waals surface area contributed by atoms with Crippen molar-refractivity contribution in [2.75, 3.05) is 31.4 Å². The lowest BCUT2D eigenvalue weighted by atomic mass is 10.2. The molecule has 0 saturated carbocycles. The van der Waals surface area contributed by atoms with Gasteiger partial charge in [-0.2, -0.15) is 15.0 Å². The second-order valence-corrected chi connectivity index (χ2v) is 7.59. The summed E-state index contributed by atoms with van der Waals surface area (Å²) >= 11 is 0. The highest BCUT2D eigenvalue weighted by Gasteiger charge is 2.33. The Morgan fingerprint density at radius 1 is 1.11 bits per heavy atom. The number of fused-ring (bicyclic) bond motifs is 1. The van der Waals surface area contributed by atoms with Crippen LogP contribution in [0.4, 0.5) is 11.5 Å². The van der Waals surface area contributed by atoms with E-state index in [0.29, 0.717) is 58.4 Å². The van der Waals surface area contributed by atoms with Crippen LogP contribution in [-0.2, 0) is 0 Å². The van der Waals surface area contributed by atoms with Gasteiger partial charge < -0.3 is 20.1 Å². The van der Waals surface area contributed by atoms with Crippen LogP contribution in [-0.4, -0.2) is 68.7 Å². The average Bonchev–Trinajstić information content (AvgIpc) is 3.50. The zero-order valence-electron chi connectivity index (χ0n) is 19.2. The van der Waals surface area contributed by atoms with Crippen LogP contribution in [0.2, 0.25) is 0 Å². The number of nitrogens with one attached hydrogen (secondary N) is 2. The summed E-state index contributed by atoms with van der Waals surface area (Å²) in [7, 11) is 3.17. The number of pyridine rings is 1. The van der Waals surface area contributed by atoms with Crippen molar-refractivity contribution in [1.82, 2.24) is 30.2 Å². The Morgan fingerprint density at radius 2 is 1.97 bits per heavy atom. The van der Waals surface area contributed by atoms with Gasteiger partial charge >= 0.3 is 0 Å². The van der Waals surface area contributed by atoms with E-state index in [9.17, 15) is 5.26 Å². The average molecular weight is 471 g/mol. The molecule has 0 saturated heterocycles. The zero-order valence-corrected chi connectivity index (χ0v) is 19.2. The van der Waals surface area contributed by atoms with Crippen LogP contribution in [0.1, 0.15) is 5.82 Å². The normalized spacial score (nSPS) is 16.5. The molecule has 35 heavy (non-hydrogen) atoms. The minimum absolute atomic E-state index is 0.319. The Morgan fingerprint density at radius 3 is 2.66 bits per heavy atom. The number of rotatable bonds is 6. The molecule has 3 aromatic rings. The highest BCUT2D eigenvalue weighted by molar-refractivity contribution is 6.15. The summed E-state index contributed by atoms with van der Waals surface area (Å²) in [5.74, 6) is 3.55. The monoisotopic (exact) mass is 471 g/mol. The van der Waals surface area contributed by atoms with Crippen LogP contribution in [0, 0.1) is 18.3 Å². The van der Waals surface area contributed by atoms with Crippen molar-refractivity contribution in [3.8, 4) is 23.3 Å². The molecule has 4 heterocycles. The number of hydrogen-bond acceptors (Lipinski definition) is 12. The molecule has 176 valence electrons. The van der Waals surface area contributed by atoms with Crippen LogP contribution >= 0.6 is 0 Å². The Hall–Kier alpha value is -4.99. The first-order valence-corrected chi connectivity index (χ1v) is 10.6. The predicted octanol–water partition coefficient (Wildman–Crippen LogP) is 1.72. The lowest BCUT2D eigenvalue weighted by Crippen LogP contribution is -2.38. The molecule has 13 heteroatoms. The predicted molar refractivity (Wildman–Crippen MR) is 128 cm³/mol. The van der Waals surface area contributed by atoms with Crippen molar-refractivity contribution in [3.63, 3.8) is 0 Å². The number of aliphatic imine (C=N–C) groups is 1.